The fraction of sp³-hybridized carbons (Fsp3) is 0.111. The van der Waals surface area contributed by atoms with Crippen LogP contribution in [0.4, 0.5) is 4.39 Å². The number of hydrogen-bond acceptors (Lipinski definition) is 4. The first-order valence-electron chi connectivity index (χ1n) is 11.1. The van der Waals surface area contributed by atoms with Gasteiger partial charge in [-0.25, -0.2) is 19.3 Å². The van der Waals surface area contributed by atoms with E-state index < -0.39 is 0 Å². The van der Waals surface area contributed by atoms with Gasteiger partial charge in [-0.1, -0.05) is 29.8 Å². The van der Waals surface area contributed by atoms with Gasteiger partial charge in [0.05, 0.1) is 5.52 Å². The summed E-state index contributed by atoms with van der Waals surface area (Å²) in [7, 11) is 0. The van der Waals surface area contributed by atoms with E-state index in [2.05, 4.69) is 20.3 Å². The molecule has 1 atom stereocenters. The number of fused-ring (bicyclic) bond motifs is 1. The normalized spacial score (nSPS) is 11.9. The molecular formula is C27H21ClFN5O. The first-order valence-corrected chi connectivity index (χ1v) is 11.5. The number of nitrogens with one attached hydrogen (secondary N) is 1. The third kappa shape index (κ3) is 5.20. The summed E-state index contributed by atoms with van der Waals surface area (Å²) in [6.45, 7) is 0.387. The average molecular weight is 486 g/mol. The molecule has 35 heavy (non-hydrogen) atoms. The Morgan fingerprint density at radius 2 is 1.83 bits per heavy atom. The van der Waals surface area contributed by atoms with E-state index in [0.717, 1.165) is 22.5 Å². The summed E-state index contributed by atoms with van der Waals surface area (Å²) in [5, 5.41) is 4.57. The van der Waals surface area contributed by atoms with Crippen LogP contribution in [0, 0.1) is 5.82 Å². The molecule has 1 amide bonds. The molecule has 1 N–H and O–H groups in total. The van der Waals surface area contributed by atoms with E-state index in [0.29, 0.717) is 29.1 Å². The lowest BCUT2D eigenvalue weighted by Gasteiger charge is -2.19. The minimum Gasteiger partial charge on any atom is -0.351 e. The van der Waals surface area contributed by atoms with Crippen molar-refractivity contribution in [2.45, 2.75) is 12.3 Å². The topological polar surface area (TPSA) is 72.7 Å². The van der Waals surface area contributed by atoms with Crippen molar-refractivity contribution in [3.63, 3.8) is 0 Å². The van der Waals surface area contributed by atoms with Crippen molar-refractivity contribution in [1.29, 1.82) is 0 Å². The zero-order chi connectivity index (χ0) is 24.2. The molecule has 0 fully saturated rings. The number of aromatic nitrogens is 4. The number of nitrogens with zero attached hydrogens (tertiary/aromatic N) is 4. The van der Waals surface area contributed by atoms with Gasteiger partial charge in [0, 0.05) is 59.1 Å². The summed E-state index contributed by atoms with van der Waals surface area (Å²) >= 11 is 6.11. The minimum absolute atomic E-state index is 0.0689. The fourth-order valence-corrected chi connectivity index (χ4v) is 4.14. The molecule has 0 saturated carbocycles. The van der Waals surface area contributed by atoms with E-state index in [-0.39, 0.29) is 17.6 Å². The van der Waals surface area contributed by atoms with E-state index in [1.165, 1.54) is 18.5 Å². The largest absolute Gasteiger partial charge is 0.351 e. The van der Waals surface area contributed by atoms with Gasteiger partial charge in [0.1, 0.15) is 18.0 Å². The second kappa shape index (κ2) is 10.0. The Hall–Kier alpha value is -4.10. The van der Waals surface area contributed by atoms with Crippen molar-refractivity contribution < 1.29 is 9.18 Å². The van der Waals surface area contributed by atoms with Gasteiger partial charge in [-0.15, -0.1) is 0 Å². The maximum Gasteiger partial charge on any atom is 0.251 e. The lowest BCUT2D eigenvalue weighted by Crippen LogP contribution is -2.29. The Balaban J connectivity index is 1.38. The van der Waals surface area contributed by atoms with Crippen molar-refractivity contribution in [2.24, 2.45) is 0 Å². The van der Waals surface area contributed by atoms with Gasteiger partial charge in [-0.05, 0) is 54.1 Å². The predicted octanol–water partition coefficient (Wildman–Crippen LogP) is 5.36. The van der Waals surface area contributed by atoms with Gasteiger partial charge in [0.25, 0.3) is 5.91 Å². The highest BCUT2D eigenvalue weighted by molar-refractivity contribution is 6.30. The summed E-state index contributed by atoms with van der Waals surface area (Å²) in [5.41, 5.74) is 3.08. The highest BCUT2D eigenvalue weighted by Crippen LogP contribution is 2.24. The van der Waals surface area contributed by atoms with Gasteiger partial charge < -0.3 is 9.88 Å². The number of imidazole rings is 1. The zero-order valence-electron chi connectivity index (χ0n) is 18.6. The lowest BCUT2D eigenvalue weighted by atomic mass is 9.95. The molecule has 0 aliphatic heterocycles. The molecule has 6 nitrogen and oxygen atoms in total. The number of carbonyl (C=O) groups excluding carboxylic acids is 1. The van der Waals surface area contributed by atoms with E-state index in [1.807, 2.05) is 41.1 Å². The second-order valence-electron chi connectivity index (χ2n) is 8.15. The van der Waals surface area contributed by atoms with Crippen molar-refractivity contribution >= 4 is 28.4 Å². The molecule has 5 rings (SSSR count). The first-order chi connectivity index (χ1) is 17.1. The lowest BCUT2D eigenvalue weighted by molar-refractivity contribution is 0.0951. The molecule has 0 aliphatic rings. The Morgan fingerprint density at radius 1 is 1.03 bits per heavy atom. The quantitative estimate of drug-likeness (QED) is 0.336. The molecule has 1 unspecified atom stereocenters. The summed E-state index contributed by atoms with van der Waals surface area (Å²) in [4.78, 5) is 25.7. The fourth-order valence-electron chi connectivity index (χ4n) is 4.02. The van der Waals surface area contributed by atoms with Gasteiger partial charge in [-0.3, -0.25) is 4.79 Å². The number of rotatable bonds is 7. The van der Waals surface area contributed by atoms with Crippen molar-refractivity contribution in [1.82, 2.24) is 24.8 Å². The SMILES string of the molecule is O=C(NCC(Cc1nccn1-c1ccc(F)cc1)c1ccc(Cl)cc1)c1ccc2cncnc2c1. The maximum atomic E-state index is 13.4. The van der Waals surface area contributed by atoms with Crippen LogP contribution in [0.25, 0.3) is 16.6 Å². The minimum atomic E-state index is -0.294. The number of carbonyl (C=O) groups is 1. The van der Waals surface area contributed by atoms with Crippen molar-refractivity contribution in [3.05, 3.63) is 119 Å². The summed E-state index contributed by atoms with van der Waals surface area (Å²) in [5.74, 6) is 0.248. The highest BCUT2D eigenvalue weighted by Gasteiger charge is 2.18. The molecule has 0 radical (unpaired) electrons. The monoisotopic (exact) mass is 485 g/mol. The van der Waals surface area contributed by atoms with Crippen LogP contribution < -0.4 is 5.32 Å². The van der Waals surface area contributed by atoms with E-state index in [4.69, 9.17) is 11.6 Å². The number of halogens is 2. The number of hydrogen-bond donors (Lipinski definition) is 1. The van der Waals surface area contributed by atoms with E-state index in [1.54, 1.807) is 36.7 Å². The van der Waals surface area contributed by atoms with Crippen LogP contribution >= 0.6 is 11.6 Å². The number of benzene rings is 3. The Labute approximate surface area is 206 Å². The Kier molecular flexibility index (Phi) is 6.50. The van der Waals surface area contributed by atoms with Gasteiger partial charge in [-0.2, -0.15) is 0 Å². The summed E-state index contributed by atoms with van der Waals surface area (Å²) in [6.07, 6.45) is 7.29. The summed E-state index contributed by atoms with van der Waals surface area (Å²) < 4.78 is 15.3. The van der Waals surface area contributed by atoms with Crippen molar-refractivity contribution in [2.75, 3.05) is 6.54 Å². The zero-order valence-corrected chi connectivity index (χ0v) is 19.4. The van der Waals surface area contributed by atoms with Crippen LogP contribution in [0.1, 0.15) is 27.7 Å². The van der Waals surface area contributed by atoms with Crippen molar-refractivity contribution in [3.8, 4) is 5.69 Å². The van der Waals surface area contributed by atoms with Crippen LogP contribution in [-0.2, 0) is 6.42 Å². The third-order valence-electron chi connectivity index (χ3n) is 5.87. The van der Waals surface area contributed by atoms with Gasteiger partial charge >= 0.3 is 0 Å². The molecule has 2 heterocycles. The Bertz CT molecular complexity index is 1470. The molecule has 5 aromatic rings. The van der Waals surface area contributed by atoms with Crippen LogP contribution in [-0.4, -0.2) is 32.0 Å². The highest BCUT2D eigenvalue weighted by atomic mass is 35.5. The molecule has 174 valence electrons. The number of amides is 1. The van der Waals surface area contributed by atoms with Gasteiger partial charge in [0.15, 0.2) is 0 Å². The summed E-state index contributed by atoms with van der Waals surface area (Å²) in [6, 6.07) is 19.2. The third-order valence-corrected chi connectivity index (χ3v) is 6.12. The standard InChI is InChI=1S/C27H21ClFN5O/c28-22-5-3-18(4-6-22)21(14-26-31-11-12-34(26)24-9-7-23(29)8-10-24)16-32-27(35)19-1-2-20-15-30-17-33-25(20)13-19/h1-13,15,17,21H,14,16H2,(H,32,35). The Morgan fingerprint density at radius 3 is 2.63 bits per heavy atom. The first kappa shape index (κ1) is 22.7. The molecule has 2 aromatic heterocycles. The molecular weight excluding hydrogens is 465 g/mol. The molecule has 0 spiro atoms. The molecule has 3 aromatic carbocycles. The van der Waals surface area contributed by atoms with E-state index >= 15 is 0 Å². The maximum absolute atomic E-state index is 13.4. The smallest absolute Gasteiger partial charge is 0.251 e. The molecule has 8 heteroatoms. The predicted molar refractivity (Wildman–Crippen MR) is 133 cm³/mol. The second-order valence-corrected chi connectivity index (χ2v) is 8.59. The molecule has 0 bridgehead atoms. The molecule has 0 saturated heterocycles. The van der Waals surface area contributed by atoms with Crippen LogP contribution in [0.15, 0.2) is 91.6 Å². The molecule has 0 aliphatic carbocycles. The van der Waals surface area contributed by atoms with E-state index in [9.17, 15) is 9.18 Å². The van der Waals surface area contributed by atoms with Gasteiger partial charge in [0.2, 0.25) is 0 Å². The van der Waals surface area contributed by atoms with Crippen LogP contribution in [0.3, 0.4) is 0 Å². The average Bonchev–Trinajstić information content (AvgIpc) is 3.35. The van der Waals surface area contributed by atoms with Crippen LogP contribution in [0.5, 0.6) is 0 Å². The van der Waals surface area contributed by atoms with Crippen LogP contribution in [0.2, 0.25) is 5.02 Å².